The molecule has 0 bridgehead atoms. The highest BCUT2D eigenvalue weighted by atomic mass is 32.2. The number of fused-ring (bicyclic) bond motifs is 2. The molecule has 2 aromatic rings. The fraction of sp³-hybridized carbons (Fsp3) is 0.294. The molecule has 1 atom stereocenters. The Labute approximate surface area is 141 Å². The molecule has 2 aromatic carbocycles. The van der Waals surface area contributed by atoms with E-state index < -0.39 is 44.5 Å². The van der Waals surface area contributed by atoms with Gasteiger partial charge in [0.15, 0.2) is 9.84 Å². The molecule has 3 nitrogen and oxygen atoms in total. The van der Waals surface area contributed by atoms with Gasteiger partial charge in [-0.2, -0.15) is 17.6 Å². The van der Waals surface area contributed by atoms with Crippen molar-refractivity contribution in [2.75, 3.05) is 5.75 Å². The van der Waals surface area contributed by atoms with Crippen LogP contribution >= 0.6 is 0 Å². The molecule has 0 radical (unpaired) electrons. The van der Waals surface area contributed by atoms with Gasteiger partial charge < -0.3 is 5.11 Å². The largest absolute Gasteiger partial charge is 0.384 e. The van der Waals surface area contributed by atoms with Crippen molar-refractivity contribution in [3.63, 3.8) is 0 Å². The molecular formula is C17H14F4O3S. The van der Waals surface area contributed by atoms with E-state index in [0.29, 0.717) is 6.07 Å². The first-order chi connectivity index (χ1) is 11.5. The Morgan fingerprint density at radius 1 is 0.960 bits per heavy atom. The van der Waals surface area contributed by atoms with Crippen molar-refractivity contribution in [2.45, 2.75) is 29.8 Å². The highest BCUT2D eigenvalue weighted by Gasteiger charge is 2.62. The Bertz CT molecular complexity index is 939. The molecule has 0 saturated heterocycles. The predicted octanol–water partition coefficient (Wildman–Crippen LogP) is 3.76. The molecule has 8 heteroatoms. The van der Waals surface area contributed by atoms with E-state index in [2.05, 4.69) is 0 Å². The molecule has 1 N–H and O–H groups in total. The Hall–Kier alpha value is -1.93. The van der Waals surface area contributed by atoms with E-state index in [4.69, 9.17) is 0 Å². The summed E-state index contributed by atoms with van der Waals surface area (Å²) in [4.78, 5) is -0.300. The molecule has 25 heavy (non-hydrogen) atoms. The monoisotopic (exact) mass is 374 g/mol. The number of rotatable bonds is 2. The molecule has 0 saturated carbocycles. The minimum absolute atomic E-state index is 0.287. The second-order valence-electron chi connectivity index (χ2n) is 5.79. The lowest BCUT2D eigenvalue weighted by molar-refractivity contribution is -0.223. The number of aliphatic hydroxyl groups is 1. The number of halogens is 4. The van der Waals surface area contributed by atoms with Gasteiger partial charge in [0.05, 0.1) is 10.6 Å². The first-order valence-electron chi connectivity index (χ1n) is 7.44. The van der Waals surface area contributed by atoms with Crippen LogP contribution in [0.1, 0.15) is 35.3 Å². The average molecular weight is 374 g/mol. The smallest absolute Gasteiger partial charge is 0.340 e. The molecule has 3 rings (SSSR count). The fourth-order valence-corrected chi connectivity index (χ4v) is 3.86. The summed E-state index contributed by atoms with van der Waals surface area (Å²) in [5.41, 5.74) is -2.99. The van der Waals surface area contributed by atoms with Gasteiger partial charge in [-0.25, -0.2) is 8.42 Å². The number of hydrogen-bond acceptors (Lipinski definition) is 3. The zero-order chi connectivity index (χ0) is 18.6. The topological polar surface area (TPSA) is 54.4 Å². The summed E-state index contributed by atoms with van der Waals surface area (Å²) in [6, 6.07) is 6.85. The van der Waals surface area contributed by atoms with Crippen LogP contribution in [0, 0.1) is 0 Å². The lowest BCUT2D eigenvalue weighted by Gasteiger charge is -2.27. The van der Waals surface area contributed by atoms with Gasteiger partial charge in [0.1, 0.15) is 6.10 Å². The van der Waals surface area contributed by atoms with Gasteiger partial charge in [0, 0.05) is 11.1 Å². The predicted molar refractivity (Wildman–Crippen MR) is 82.5 cm³/mol. The van der Waals surface area contributed by atoms with Gasteiger partial charge in [-0.1, -0.05) is 37.3 Å². The van der Waals surface area contributed by atoms with Crippen LogP contribution in [0.3, 0.4) is 0 Å². The molecular weight excluding hydrogens is 360 g/mol. The molecule has 0 aliphatic heterocycles. The van der Waals surface area contributed by atoms with Crippen LogP contribution in [-0.4, -0.2) is 19.3 Å². The van der Waals surface area contributed by atoms with E-state index in [1.165, 1.54) is 19.1 Å². The van der Waals surface area contributed by atoms with Gasteiger partial charge in [-0.05, 0) is 23.3 Å². The summed E-state index contributed by atoms with van der Waals surface area (Å²) < 4.78 is 82.2. The van der Waals surface area contributed by atoms with Crippen LogP contribution in [0.25, 0.3) is 0 Å². The molecule has 134 valence electrons. The highest BCUT2D eigenvalue weighted by molar-refractivity contribution is 7.91. The standard InChI is InChI=1S/C17H14F4O3S/c1-2-25(23,24)10-7-8-14-12(9-10)15(22)11-5-3-4-6-13(11)16(18,19)17(14,20)21/h3-9,15,22H,2H2,1H3. The zero-order valence-electron chi connectivity index (χ0n) is 13.0. The maximum atomic E-state index is 14.6. The summed E-state index contributed by atoms with van der Waals surface area (Å²) in [5.74, 6) is -9.45. The maximum absolute atomic E-state index is 14.6. The second-order valence-corrected chi connectivity index (χ2v) is 8.07. The van der Waals surface area contributed by atoms with Gasteiger partial charge in [0.25, 0.3) is 0 Å². The van der Waals surface area contributed by atoms with Gasteiger partial charge in [-0.3, -0.25) is 0 Å². The molecule has 0 heterocycles. The van der Waals surface area contributed by atoms with Gasteiger partial charge in [0.2, 0.25) is 0 Å². The molecule has 0 amide bonds. The summed E-state index contributed by atoms with van der Waals surface area (Å²) in [5, 5.41) is 10.5. The van der Waals surface area contributed by atoms with Crippen LogP contribution in [0.2, 0.25) is 0 Å². The first kappa shape index (κ1) is 17.9. The number of sulfone groups is 1. The van der Waals surface area contributed by atoms with E-state index in [1.807, 2.05) is 0 Å². The normalized spacial score (nSPS) is 21.1. The minimum atomic E-state index is -4.61. The van der Waals surface area contributed by atoms with Crippen LogP contribution in [0.15, 0.2) is 47.4 Å². The highest BCUT2D eigenvalue weighted by Crippen LogP contribution is 2.55. The van der Waals surface area contributed by atoms with Crippen LogP contribution in [0.4, 0.5) is 17.6 Å². The van der Waals surface area contributed by atoms with E-state index >= 15 is 0 Å². The summed E-state index contributed by atoms with van der Waals surface area (Å²) in [6.07, 6.45) is -1.79. The van der Waals surface area contributed by atoms with E-state index in [-0.39, 0.29) is 16.2 Å². The SMILES string of the molecule is CCS(=O)(=O)c1ccc2c(c1)C(O)c1ccccc1C(F)(F)C2(F)F. The van der Waals surface area contributed by atoms with Crippen molar-refractivity contribution in [2.24, 2.45) is 0 Å². The van der Waals surface area contributed by atoms with Crippen molar-refractivity contribution >= 4 is 9.84 Å². The van der Waals surface area contributed by atoms with Crippen LogP contribution < -0.4 is 0 Å². The second kappa shape index (κ2) is 5.54. The van der Waals surface area contributed by atoms with E-state index in [0.717, 1.165) is 24.3 Å². The first-order valence-corrected chi connectivity index (χ1v) is 9.09. The lowest BCUT2D eigenvalue weighted by atomic mass is 9.96. The number of benzene rings is 2. The molecule has 1 unspecified atom stereocenters. The number of alkyl halides is 4. The van der Waals surface area contributed by atoms with Gasteiger partial charge >= 0.3 is 11.8 Å². The fourth-order valence-electron chi connectivity index (χ4n) is 2.94. The molecule has 0 spiro atoms. The summed E-state index contributed by atoms with van der Waals surface area (Å²) in [7, 11) is -3.75. The Morgan fingerprint density at radius 2 is 1.52 bits per heavy atom. The summed E-state index contributed by atoms with van der Waals surface area (Å²) in [6.45, 7) is 1.37. The molecule has 1 aliphatic rings. The summed E-state index contributed by atoms with van der Waals surface area (Å²) >= 11 is 0. The van der Waals surface area contributed by atoms with Crippen molar-refractivity contribution in [3.8, 4) is 0 Å². The zero-order valence-corrected chi connectivity index (χ0v) is 13.8. The molecule has 0 fully saturated rings. The Morgan fingerprint density at radius 3 is 2.12 bits per heavy atom. The van der Waals surface area contributed by atoms with E-state index in [1.54, 1.807) is 0 Å². The van der Waals surface area contributed by atoms with Crippen molar-refractivity contribution in [1.29, 1.82) is 0 Å². The molecule has 1 aliphatic carbocycles. The maximum Gasteiger partial charge on any atom is 0.340 e. The quantitative estimate of drug-likeness (QED) is 0.815. The van der Waals surface area contributed by atoms with Crippen LogP contribution in [0.5, 0.6) is 0 Å². The average Bonchev–Trinajstić information content (AvgIpc) is 2.64. The Balaban J connectivity index is 2.37. The van der Waals surface area contributed by atoms with Gasteiger partial charge in [-0.15, -0.1) is 0 Å². The third kappa shape index (κ3) is 2.46. The van der Waals surface area contributed by atoms with Crippen LogP contribution in [-0.2, 0) is 21.7 Å². The van der Waals surface area contributed by atoms with Crippen molar-refractivity contribution in [1.82, 2.24) is 0 Å². The van der Waals surface area contributed by atoms with Crippen molar-refractivity contribution in [3.05, 3.63) is 64.7 Å². The van der Waals surface area contributed by atoms with E-state index in [9.17, 15) is 31.1 Å². The third-order valence-corrected chi connectivity index (χ3v) is 6.12. The third-order valence-electron chi connectivity index (χ3n) is 4.38. The minimum Gasteiger partial charge on any atom is -0.384 e. The van der Waals surface area contributed by atoms with Crippen molar-refractivity contribution < 1.29 is 31.1 Å². The number of hydrogen-bond donors (Lipinski definition) is 1. The lowest BCUT2D eigenvalue weighted by Crippen LogP contribution is -2.35. The Kier molecular flexibility index (Phi) is 3.96. The number of aliphatic hydroxyl groups excluding tert-OH is 1. The molecule has 0 aromatic heterocycles.